The summed E-state index contributed by atoms with van der Waals surface area (Å²) in [5, 5.41) is 12.6. The molecule has 34 heavy (non-hydrogen) atoms. The molecular formula is C26H29F3N2O2S. The van der Waals surface area contributed by atoms with Gasteiger partial charge in [0.25, 0.3) is 0 Å². The lowest BCUT2D eigenvalue weighted by molar-refractivity contribution is -0.138. The second kappa shape index (κ2) is 12.0. The fraction of sp³-hybridized carbons (Fsp3) is 0.385. The molecule has 0 fully saturated rings. The second-order valence-electron chi connectivity index (χ2n) is 8.24. The van der Waals surface area contributed by atoms with E-state index in [1.165, 1.54) is 6.07 Å². The quantitative estimate of drug-likeness (QED) is 0.252. The van der Waals surface area contributed by atoms with Gasteiger partial charge in [0.05, 0.1) is 17.7 Å². The van der Waals surface area contributed by atoms with E-state index in [1.54, 1.807) is 6.07 Å². The zero-order chi connectivity index (χ0) is 24.6. The van der Waals surface area contributed by atoms with Gasteiger partial charge in [-0.15, -0.1) is 11.3 Å². The number of aliphatic carboxylic acids is 1. The van der Waals surface area contributed by atoms with Gasteiger partial charge < -0.3 is 10.4 Å². The topological polar surface area (TPSA) is 62.2 Å². The third kappa shape index (κ3) is 7.32. The van der Waals surface area contributed by atoms with Crippen LogP contribution in [0.4, 0.5) is 24.0 Å². The number of benzene rings is 2. The predicted octanol–water partition coefficient (Wildman–Crippen LogP) is 8.10. The SMILES string of the molecule is CCCCCCCCc1ccc(Nc2nc(-c3ccccc3)c(CC(=O)O)s2)cc1C(F)(F)F. The lowest BCUT2D eigenvalue weighted by Crippen LogP contribution is -2.10. The molecule has 2 aromatic carbocycles. The van der Waals surface area contributed by atoms with Gasteiger partial charge in [-0.1, -0.05) is 75.4 Å². The van der Waals surface area contributed by atoms with E-state index in [0.717, 1.165) is 61.5 Å². The summed E-state index contributed by atoms with van der Waals surface area (Å²) in [5.74, 6) is -0.995. The summed E-state index contributed by atoms with van der Waals surface area (Å²) >= 11 is 1.13. The molecular weight excluding hydrogens is 461 g/mol. The van der Waals surface area contributed by atoms with Crippen LogP contribution in [0.15, 0.2) is 48.5 Å². The number of carbonyl (C=O) groups is 1. The number of halogens is 3. The normalized spacial score (nSPS) is 11.5. The van der Waals surface area contributed by atoms with Gasteiger partial charge in [0.1, 0.15) is 0 Å². The molecule has 3 aromatic rings. The lowest BCUT2D eigenvalue weighted by atomic mass is 9.99. The molecule has 3 rings (SSSR count). The molecule has 0 atom stereocenters. The van der Waals surface area contributed by atoms with E-state index < -0.39 is 17.7 Å². The fourth-order valence-electron chi connectivity index (χ4n) is 3.84. The molecule has 0 bridgehead atoms. The van der Waals surface area contributed by atoms with Crippen LogP contribution in [0.5, 0.6) is 0 Å². The summed E-state index contributed by atoms with van der Waals surface area (Å²) in [6.07, 6.45) is 1.82. The van der Waals surface area contributed by atoms with Gasteiger partial charge in [-0.3, -0.25) is 4.79 Å². The number of nitrogens with zero attached hydrogens (tertiary/aromatic N) is 1. The van der Waals surface area contributed by atoms with Gasteiger partial charge in [-0.2, -0.15) is 13.2 Å². The van der Waals surface area contributed by atoms with E-state index in [4.69, 9.17) is 0 Å². The molecule has 0 aliphatic heterocycles. The summed E-state index contributed by atoms with van der Waals surface area (Å²) in [4.78, 5) is 16.3. The molecule has 1 aromatic heterocycles. The molecule has 0 aliphatic rings. The van der Waals surface area contributed by atoms with Crippen LogP contribution < -0.4 is 5.32 Å². The highest BCUT2D eigenvalue weighted by atomic mass is 32.1. The Morgan fingerprint density at radius 1 is 1.03 bits per heavy atom. The average Bonchev–Trinajstić information content (AvgIpc) is 3.18. The molecule has 2 N–H and O–H groups in total. The third-order valence-electron chi connectivity index (χ3n) is 5.52. The van der Waals surface area contributed by atoms with Gasteiger partial charge >= 0.3 is 12.1 Å². The molecule has 0 spiro atoms. The molecule has 0 aliphatic carbocycles. The van der Waals surface area contributed by atoms with Crippen LogP contribution in [0.3, 0.4) is 0 Å². The number of aromatic nitrogens is 1. The number of alkyl halides is 3. The fourth-order valence-corrected chi connectivity index (χ4v) is 4.83. The monoisotopic (exact) mass is 490 g/mol. The Morgan fingerprint density at radius 2 is 1.74 bits per heavy atom. The molecule has 0 saturated carbocycles. The summed E-state index contributed by atoms with van der Waals surface area (Å²) in [7, 11) is 0. The Balaban J connectivity index is 1.79. The minimum atomic E-state index is -4.46. The van der Waals surface area contributed by atoms with Crippen LogP contribution in [0, 0.1) is 0 Å². The highest BCUT2D eigenvalue weighted by molar-refractivity contribution is 7.16. The highest BCUT2D eigenvalue weighted by Crippen LogP contribution is 2.37. The maximum atomic E-state index is 13.8. The Bertz CT molecular complexity index is 1080. The van der Waals surface area contributed by atoms with Crippen molar-refractivity contribution in [3.63, 3.8) is 0 Å². The van der Waals surface area contributed by atoms with Gasteiger partial charge in [0.15, 0.2) is 5.13 Å². The van der Waals surface area contributed by atoms with Crippen LogP contribution in [0.25, 0.3) is 11.3 Å². The Kier molecular flexibility index (Phi) is 9.10. The van der Waals surface area contributed by atoms with Gasteiger partial charge in [0.2, 0.25) is 0 Å². The zero-order valence-electron chi connectivity index (χ0n) is 19.1. The van der Waals surface area contributed by atoms with E-state index in [-0.39, 0.29) is 12.1 Å². The first-order chi connectivity index (χ1) is 16.3. The number of carboxylic acid groups (broad SMARTS) is 1. The summed E-state index contributed by atoms with van der Waals surface area (Å²) in [6.45, 7) is 2.13. The first-order valence-corrected chi connectivity index (χ1v) is 12.3. The van der Waals surface area contributed by atoms with Crippen LogP contribution >= 0.6 is 11.3 Å². The molecule has 1 heterocycles. The van der Waals surface area contributed by atoms with Crippen molar-refractivity contribution < 1.29 is 23.1 Å². The van der Waals surface area contributed by atoms with Crippen molar-refractivity contribution in [2.24, 2.45) is 0 Å². The standard InChI is InChI=1S/C26H29F3N2O2S/c1-2-3-4-5-6-8-11-18-14-15-20(16-21(18)26(27,28)29)30-25-31-24(19-12-9-7-10-13-19)22(34-25)17-23(32)33/h7,9-10,12-16H,2-6,8,11,17H2,1H3,(H,30,31)(H,32,33). The molecule has 0 amide bonds. The molecule has 0 saturated heterocycles. The van der Waals surface area contributed by atoms with Crippen molar-refractivity contribution in [2.75, 3.05) is 5.32 Å². The van der Waals surface area contributed by atoms with Crippen LogP contribution in [0.1, 0.15) is 61.5 Å². The van der Waals surface area contributed by atoms with Crippen LogP contribution in [-0.2, 0) is 23.8 Å². The van der Waals surface area contributed by atoms with Gasteiger partial charge in [-0.25, -0.2) is 4.98 Å². The summed E-state index contributed by atoms with van der Waals surface area (Å²) in [6, 6.07) is 13.4. The maximum Gasteiger partial charge on any atom is 0.416 e. The number of hydrogen-bond acceptors (Lipinski definition) is 4. The number of unbranched alkanes of at least 4 members (excludes halogenated alkanes) is 5. The Labute approximate surface area is 201 Å². The molecule has 8 heteroatoms. The summed E-state index contributed by atoms with van der Waals surface area (Å²) in [5.41, 5.74) is 1.20. The number of hydrogen-bond donors (Lipinski definition) is 2. The first kappa shape index (κ1) is 25.7. The van der Waals surface area contributed by atoms with Crippen molar-refractivity contribution >= 4 is 28.1 Å². The van der Waals surface area contributed by atoms with Crippen LogP contribution in [0.2, 0.25) is 0 Å². The molecule has 4 nitrogen and oxygen atoms in total. The smallest absolute Gasteiger partial charge is 0.416 e. The minimum absolute atomic E-state index is 0.214. The van der Waals surface area contributed by atoms with Gasteiger partial charge in [0, 0.05) is 16.1 Å². The van der Waals surface area contributed by atoms with E-state index in [2.05, 4.69) is 17.2 Å². The largest absolute Gasteiger partial charge is 0.481 e. The van der Waals surface area contributed by atoms with E-state index in [9.17, 15) is 23.1 Å². The number of rotatable bonds is 12. The average molecular weight is 491 g/mol. The van der Waals surface area contributed by atoms with Crippen molar-refractivity contribution in [3.8, 4) is 11.3 Å². The van der Waals surface area contributed by atoms with Crippen LogP contribution in [-0.4, -0.2) is 16.1 Å². The zero-order valence-corrected chi connectivity index (χ0v) is 19.9. The predicted molar refractivity (Wildman–Crippen MR) is 131 cm³/mol. The number of aryl methyl sites for hydroxylation is 1. The highest BCUT2D eigenvalue weighted by Gasteiger charge is 2.33. The molecule has 0 radical (unpaired) electrons. The number of nitrogens with one attached hydrogen (secondary N) is 1. The van der Waals surface area contributed by atoms with Crippen molar-refractivity contribution in [1.29, 1.82) is 0 Å². The lowest BCUT2D eigenvalue weighted by Gasteiger charge is -2.15. The second-order valence-corrected chi connectivity index (χ2v) is 9.32. The first-order valence-electron chi connectivity index (χ1n) is 11.5. The summed E-state index contributed by atoms with van der Waals surface area (Å²) < 4.78 is 41.3. The van der Waals surface area contributed by atoms with Gasteiger partial charge in [-0.05, 0) is 30.5 Å². The molecule has 0 unspecified atom stereocenters. The van der Waals surface area contributed by atoms with Crippen molar-refractivity contribution in [2.45, 2.75) is 64.5 Å². The maximum absolute atomic E-state index is 13.8. The third-order valence-corrected chi connectivity index (χ3v) is 6.49. The van der Waals surface area contributed by atoms with E-state index >= 15 is 0 Å². The Morgan fingerprint density at radius 3 is 2.41 bits per heavy atom. The van der Waals surface area contributed by atoms with E-state index in [1.807, 2.05) is 30.3 Å². The van der Waals surface area contributed by atoms with E-state index in [0.29, 0.717) is 27.7 Å². The van der Waals surface area contributed by atoms with Crippen molar-refractivity contribution in [1.82, 2.24) is 4.98 Å². The number of anilines is 2. The van der Waals surface area contributed by atoms with Crippen molar-refractivity contribution in [3.05, 3.63) is 64.5 Å². The number of thiazole rings is 1. The minimum Gasteiger partial charge on any atom is -0.481 e. The number of carboxylic acids is 1. The molecule has 182 valence electrons. The Hall–Kier alpha value is -2.87.